The summed E-state index contributed by atoms with van der Waals surface area (Å²) in [6.07, 6.45) is -0.327. The first-order valence-electron chi connectivity index (χ1n) is 17.0. The number of anilines is 1. The van der Waals surface area contributed by atoms with Crippen LogP contribution in [0.1, 0.15) is 36.5 Å². The lowest BCUT2D eigenvalue weighted by molar-refractivity contribution is -0.142. The van der Waals surface area contributed by atoms with Crippen LogP contribution in [-0.4, -0.2) is 64.8 Å². The van der Waals surface area contributed by atoms with Crippen LogP contribution in [0.2, 0.25) is 0 Å². The fourth-order valence-electron chi connectivity index (χ4n) is 5.80. The van der Waals surface area contributed by atoms with Crippen LogP contribution in [-0.2, 0) is 48.0 Å². The van der Waals surface area contributed by atoms with Crippen LogP contribution in [0, 0.1) is 0 Å². The average molecular weight is 704 g/mol. The molecule has 0 saturated carbocycles. The predicted molar refractivity (Wildman–Crippen MR) is 195 cm³/mol. The van der Waals surface area contributed by atoms with Gasteiger partial charge in [-0.15, -0.1) is 0 Å². The van der Waals surface area contributed by atoms with Gasteiger partial charge < -0.3 is 31.7 Å². The summed E-state index contributed by atoms with van der Waals surface area (Å²) in [5, 5.41) is 23.4. The molecule has 52 heavy (non-hydrogen) atoms. The van der Waals surface area contributed by atoms with E-state index in [2.05, 4.69) is 26.6 Å². The zero-order valence-electron chi connectivity index (χ0n) is 28.6. The maximum atomic E-state index is 14.1. The number of hydrogen-bond acceptors (Lipinski definition) is 6. The highest BCUT2D eigenvalue weighted by Crippen LogP contribution is 2.20. The van der Waals surface area contributed by atoms with Crippen LogP contribution >= 0.6 is 0 Å². The van der Waals surface area contributed by atoms with Crippen molar-refractivity contribution in [2.75, 3.05) is 5.32 Å². The van der Waals surface area contributed by atoms with Gasteiger partial charge in [0, 0.05) is 37.8 Å². The van der Waals surface area contributed by atoms with Gasteiger partial charge in [-0.2, -0.15) is 0 Å². The molecule has 2 aliphatic rings. The molecular formula is C40H41N5O7. The zero-order valence-corrected chi connectivity index (χ0v) is 28.6. The molecule has 0 saturated heterocycles. The topological polar surface area (TPSA) is 183 Å². The number of nitrogens with one attached hydrogen (secondary N) is 5. The maximum Gasteiger partial charge on any atom is 0.326 e. The molecule has 2 heterocycles. The molecule has 4 aromatic carbocycles. The third-order valence-corrected chi connectivity index (χ3v) is 8.69. The Morgan fingerprint density at radius 2 is 1.12 bits per heavy atom. The Morgan fingerprint density at radius 1 is 0.596 bits per heavy atom. The highest BCUT2D eigenvalue weighted by atomic mass is 16.4. The number of fused-ring (bicyclic) bond motifs is 18. The van der Waals surface area contributed by atoms with Gasteiger partial charge in [0.15, 0.2) is 0 Å². The molecule has 5 amide bonds. The van der Waals surface area contributed by atoms with E-state index in [4.69, 9.17) is 0 Å². The molecule has 2 bridgehead atoms. The van der Waals surface area contributed by atoms with E-state index in [9.17, 15) is 33.9 Å². The number of carbonyl (C=O) groups excluding carboxylic acids is 5. The summed E-state index contributed by atoms with van der Waals surface area (Å²) in [5.74, 6) is -4.29. The molecule has 0 radical (unpaired) electrons. The number of amides is 5. The highest BCUT2D eigenvalue weighted by molar-refractivity contribution is 5.96. The Balaban J connectivity index is 1.45. The van der Waals surface area contributed by atoms with Crippen LogP contribution in [0.3, 0.4) is 0 Å². The summed E-state index contributed by atoms with van der Waals surface area (Å²) in [6, 6.07) is 27.8. The van der Waals surface area contributed by atoms with E-state index < -0.39 is 59.7 Å². The van der Waals surface area contributed by atoms with Crippen molar-refractivity contribution in [2.45, 2.75) is 63.2 Å². The third-order valence-electron chi connectivity index (χ3n) is 8.69. The molecule has 4 aromatic rings. The molecule has 0 unspecified atom stereocenters. The number of carboxylic acids is 1. The number of rotatable bonds is 6. The number of benzene rings is 4. The van der Waals surface area contributed by atoms with Gasteiger partial charge in [-0.1, -0.05) is 97.1 Å². The molecule has 0 aromatic heterocycles. The number of carboxylic acid groups (broad SMARTS) is 1. The van der Waals surface area contributed by atoms with E-state index in [0.717, 1.165) is 11.1 Å². The fraction of sp³-hybridized carbons (Fsp3) is 0.250. The van der Waals surface area contributed by atoms with Crippen molar-refractivity contribution in [3.63, 3.8) is 0 Å². The van der Waals surface area contributed by atoms with Gasteiger partial charge in [0.1, 0.15) is 24.2 Å². The van der Waals surface area contributed by atoms with Crippen molar-refractivity contribution in [3.05, 3.63) is 126 Å². The van der Waals surface area contributed by atoms with Crippen LogP contribution in [0.5, 0.6) is 0 Å². The second-order valence-electron chi connectivity index (χ2n) is 12.7. The van der Waals surface area contributed by atoms with E-state index in [1.54, 1.807) is 48.5 Å². The third kappa shape index (κ3) is 10.6. The molecule has 0 fully saturated rings. The number of hydrogen-bond donors (Lipinski definition) is 6. The fourth-order valence-corrected chi connectivity index (χ4v) is 5.80. The normalized spacial score (nSPS) is 20.7. The predicted octanol–water partition coefficient (Wildman–Crippen LogP) is 3.16. The molecule has 2 aliphatic heterocycles. The molecule has 6 N–H and O–H groups in total. The van der Waals surface area contributed by atoms with Gasteiger partial charge in [0.05, 0.1) is 0 Å². The van der Waals surface area contributed by atoms with E-state index >= 15 is 0 Å². The van der Waals surface area contributed by atoms with Gasteiger partial charge >= 0.3 is 5.97 Å². The quantitative estimate of drug-likeness (QED) is 0.167. The molecule has 12 nitrogen and oxygen atoms in total. The smallest absolute Gasteiger partial charge is 0.326 e. The van der Waals surface area contributed by atoms with Crippen LogP contribution in [0.4, 0.5) is 5.69 Å². The summed E-state index contributed by atoms with van der Waals surface area (Å²) in [6.45, 7) is 1.46. The van der Waals surface area contributed by atoms with Crippen molar-refractivity contribution in [3.8, 4) is 11.1 Å². The number of carbonyl (C=O) groups is 6. The average Bonchev–Trinajstić information content (AvgIpc) is 3.14. The molecule has 0 aliphatic carbocycles. The van der Waals surface area contributed by atoms with E-state index in [0.29, 0.717) is 22.4 Å². The summed E-state index contributed by atoms with van der Waals surface area (Å²) in [4.78, 5) is 78.8. The van der Waals surface area contributed by atoms with Crippen LogP contribution in [0.25, 0.3) is 11.1 Å². The SMILES string of the molecule is C[C@H]1NC(=O)CCC(=O)Nc2ccc(cc2)C[C@H](C(=O)O)NC(=O)[C@@H](Cc2ccccc2)NC(=O)[C@H](Cc2ccc(-c3ccccc3)cc2)NC1=O. The van der Waals surface area contributed by atoms with Crippen molar-refractivity contribution in [1.82, 2.24) is 21.3 Å². The minimum absolute atomic E-state index is 0.0397. The first-order valence-corrected chi connectivity index (χ1v) is 17.0. The Hall–Kier alpha value is -6.30. The van der Waals surface area contributed by atoms with Crippen molar-refractivity contribution >= 4 is 41.2 Å². The van der Waals surface area contributed by atoms with Gasteiger partial charge in [-0.3, -0.25) is 24.0 Å². The lowest BCUT2D eigenvalue weighted by atomic mass is 9.99. The molecule has 6 rings (SSSR count). The lowest BCUT2D eigenvalue weighted by Crippen LogP contribution is -2.58. The first-order chi connectivity index (χ1) is 25.0. The Labute approximate surface area is 301 Å². The standard InChI is InChI=1S/C40H41N5O7/c1-25-37(48)43-32(23-27-12-16-30(17-13-27)29-10-6-3-7-11-29)38(49)44-33(22-26-8-4-2-5-9-26)39(50)45-34(40(51)52)24-28-14-18-31(19-15-28)42-36(47)21-20-35(46)41-25/h2-19,25,32-34H,20-24H2,1H3,(H,41,46)(H,42,47)(H,43,48)(H,44,49)(H,45,50)(H,51,52)/t25-,32+,33-,34-/m1/s1. The van der Waals surface area contributed by atoms with Crippen LogP contribution < -0.4 is 26.6 Å². The first kappa shape index (κ1) is 37.0. The van der Waals surface area contributed by atoms with Gasteiger partial charge in [-0.05, 0) is 46.9 Å². The summed E-state index contributed by atoms with van der Waals surface area (Å²) < 4.78 is 0. The molecular weight excluding hydrogens is 662 g/mol. The van der Waals surface area contributed by atoms with Crippen molar-refractivity contribution in [1.29, 1.82) is 0 Å². The monoisotopic (exact) mass is 703 g/mol. The minimum Gasteiger partial charge on any atom is -0.480 e. The second-order valence-corrected chi connectivity index (χ2v) is 12.7. The highest BCUT2D eigenvalue weighted by Gasteiger charge is 2.31. The lowest BCUT2D eigenvalue weighted by Gasteiger charge is -2.26. The molecule has 12 heteroatoms. The molecule has 0 spiro atoms. The zero-order chi connectivity index (χ0) is 37.0. The Morgan fingerprint density at radius 3 is 1.73 bits per heavy atom. The largest absolute Gasteiger partial charge is 0.480 e. The second kappa shape index (κ2) is 17.6. The van der Waals surface area contributed by atoms with Crippen molar-refractivity contribution < 1.29 is 33.9 Å². The van der Waals surface area contributed by atoms with Crippen LogP contribution in [0.15, 0.2) is 109 Å². The Bertz CT molecular complexity index is 1880. The summed E-state index contributed by atoms with van der Waals surface area (Å²) >= 11 is 0. The Kier molecular flexibility index (Phi) is 12.5. The van der Waals surface area contributed by atoms with Gasteiger partial charge in [0.25, 0.3) is 0 Å². The summed E-state index contributed by atoms with van der Waals surface area (Å²) in [7, 11) is 0. The number of aliphatic carboxylic acids is 1. The minimum atomic E-state index is -1.34. The molecule has 268 valence electrons. The molecule has 4 atom stereocenters. The van der Waals surface area contributed by atoms with Gasteiger partial charge in [0.2, 0.25) is 29.5 Å². The van der Waals surface area contributed by atoms with Crippen molar-refractivity contribution in [2.24, 2.45) is 0 Å². The maximum absolute atomic E-state index is 14.1. The van der Waals surface area contributed by atoms with Gasteiger partial charge in [-0.25, -0.2) is 4.79 Å². The van der Waals surface area contributed by atoms with E-state index in [-0.39, 0.29) is 32.1 Å². The van der Waals surface area contributed by atoms with E-state index in [1.807, 2.05) is 60.7 Å². The van der Waals surface area contributed by atoms with E-state index in [1.165, 1.54) is 6.92 Å². The summed E-state index contributed by atoms with van der Waals surface area (Å²) in [5.41, 5.74) is 4.41.